The van der Waals surface area contributed by atoms with Crippen LogP contribution in [-0.4, -0.2) is 31.5 Å². The highest BCUT2D eigenvalue weighted by Gasteiger charge is 2.32. The molecular weight excluding hydrogens is 382 g/mol. The number of hydrogen-bond donors (Lipinski definition) is 1. The van der Waals surface area contributed by atoms with Crippen molar-refractivity contribution in [1.29, 1.82) is 0 Å². The number of aryl methyl sites for hydroxylation is 2. The highest BCUT2D eigenvalue weighted by molar-refractivity contribution is 7.92. The van der Waals surface area contributed by atoms with Crippen LogP contribution >= 0.6 is 0 Å². The number of nitro groups is 1. The SMILES string of the molecule is CC[C@H](C(=O)Nc1cc(C)ccc1C)N(c1cccc([N+](=O)[O-])c1)S(C)(=O)=O. The zero-order valence-corrected chi connectivity index (χ0v) is 17.0. The minimum Gasteiger partial charge on any atom is -0.324 e. The number of nitrogens with one attached hydrogen (secondary N) is 1. The molecule has 0 unspecified atom stereocenters. The number of sulfonamides is 1. The lowest BCUT2D eigenvalue weighted by Crippen LogP contribution is -2.47. The first-order valence-corrected chi connectivity index (χ1v) is 10.5. The molecular formula is C19H23N3O5S. The molecule has 0 spiro atoms. The van der Waals surface area contributed by atoms with E-state index in [4.69, 9.17) is 0 Å². The maximum Gasteiger partial charge on any atom is 0.271 e. The third-order valence-electron chi connectivity index (χ3n) is 4.28. The van der Waals surface area contributed by atoms with Crippen molar-refractivity contribution in [3.8, 4) is 0 Å². The monoisotopic (exact) mass is 405 g/mol. The van der Waals surface area contributed by atoms with Crippen LogP contribution in [0.2, 0.25) is 0 Å². The summed E-state index contributed by atoms with van der Waals surface area (Å²) in [5.74, 6) is -0.506. The van der Waals surface area contributed by atoms with Gasteiger partial charge in [-0.3, -0.25) is 19.2 Å². The summed E-state index contributed by atoms with van der Waals surface area (Å²) in [5.41, 5.74) is 2.20. The molecule has 2 aromatic rings. The molecule has 1 N–H and O–H groups in total. The van der Waals surface area contributed by atoms with Crippen LogP contribution in [0.5, 0.6) is 0 Å². The van der Waals surface area contributed by atoms with Crippen molar-refractivity contribution in [1.82, 2.24) is 0 Å². The van der Waals surface area contributed by atoms with Crippen molar-refractivity contribution in [2.24, 2.45) is 0 Å². The zero-order chi connectivity index (χ0) is 21.1. The molecule has 0 saturated carbocycles. The minimum atomic E-state index is -3.88. The van der Waals surface area contributed by atoms with Crippen molar-refractivity contribution >= 4 is 33.0 Å². The second-order valence-electron chi connectivity index (χ2n) is 6.57. The molecule has 150 valence electrons. The molecule has 8 nitrogen and oxygen atoms in total. The molecule has 0 aromatic heterocycles. The molecule has 28 heavy (non-hydrogen) atoms. The van der Waals surface area contributed by atoms with Gasteiger partial charge >= 0.3 is 0 Å². The predicted octanol–water partition coefficient (Wildman–Crippen LogP) is 3.39. The molecule has 1 amide bonds. The van der Waals surface area contributed by atoms with Gasteiger partial charge in [0, 0.05) is 17.8 Å². The summed E-state index contributed by atoms with van der Waals surface area (Å²) in [7, 11) is -3.88. The molecule has 0 saturated heterocycles. The fourth-order valence-corrected chi connectivity index (χ4v) is 4.09. The van der Waals surface area contributed by atoms with E-state index in [1.807, 2.05) is 26.0 Å². The van der Waals surface area contributed by atoms with Crippen molar-refractivity contribution in [2.45, 2.75) is 33.2 Å². The Morgan fingerprint density at radius 2 is 1.89 bits per heavy atom. The van der Waals surface area contributed by atoms with E-state index in [-0.39, 0.29) is 17.8 Å². The smallest absolute Gasteiger partial charge is 0.271 e. The largest absolute Gasteiger partial charge is 0.324 e. The van der Waals surface area contributed by atoms with Gasteiger partial charge in [0.1, 0.15) is 6.04 Å². The van der Waals surface area contributed by atoms with E-state index in [9.17, 15) is 23.3 Å². The van der Waals surface area contributed by atoms with Gasteiger partial charge in [-0.2, -0.15) is 0 Å². The van der Waals surface area contributed by atoms with Crippen LogP contribution in [0.25, 0.3) is 0 Å². The Hall–Kier alpha value is -2.94. The van der Waals surface area contributed by atoms with Crippen LogP contribution in [0.4, 0.5) is 17.1 Å². The molecule has 0 heterocycles. The predicted molar refractivity (Wildman–Crippen MR) is 109 cm³/mol. The number of nitro benzene ring substituents is 1. The van der Waals surface area contributed by atoms with Crippen molar-refractivity contribution in [3.63, 3.8) is 0 Å². The molecule has 0 aliphatic heterocycles. The molecule has 0 bridgehead atoms. The van der Waals surface area contributed by atoms with Gasteiger partial charge < -0.3 is 5.32 Å². The normalized spacial score (nSPS) is 12.3. The molecule has 9 heteroatoms. The topological polar surface area (TPSA) is 110 Å². The fraction of sp³-hybridized carbons (Fsp3) is 0.316. The lowest BCUT2D eigenvalue weighted by Gasteiger charge is -2.30. The molecule has 2 aromatic carbocycles. The average molecular weight is 405 g/mol. The van der Waals surface area contributed by atoms with Crippen LogP contribution in [0, 0.1) is 24.0 Å². The molecule has 0 aliphatic carbocycles. The number of carbonyl (C=O) groups is 1. The first-order chi connectivity index (χ1) is 13.0. The zero-order valence-electron chi connectivity index (χ0n) is 16.2. The van der Waals surface area contributed by atoms with Gasteiger partial charge in [0.15, 0.2) is 0 Å². The average Bonchev–Trinajstić information content (AvgIpc) is 2.61. The van der Waals surface area contributed by atoms with Crippen LogP contribution < -0.4 is 9.62 Å². The number of rotatable bonds is 7. The second-order valence-corrected chi connectivity index (χ2v) is 8.43. The lowest BCUT2D eigenvalue weighted by atomic mass is 10.1. The van der Waals surface area contributed by atoms with E-state index in [1.54, 1.807) is 13.0 Å². The Kier molecular flexibility index (Phi) is 6.40. The highest BCUT2D eigenvalue weighted by Crippen LogP contribution is 2.27. The Morgan fingerprint density at radius 3 is 2.46 bits per heavy atom. The standard InChI is InChI=1S/C19H23N3O5S/c1-5-18(19(23)20-17-11-13(2)9-10-14(17)3)21(28(4,26)27)15-7-6-8-16(12-15)22(24)25/h6-12,18H,5H2,1-4H3,(H,20,23)/t18-/m1/s1. The number of non-ortho nitro benzene ring substituents is 1. The Labute approximate surface area is 164 Å². The molecule has 0 aliphatic rings. The fourth-order valence-electron chi connectivity index (χ4n) is 2.89. The lowest BCUT2D eigenvalue weighted by molar-refractivity contribution is -0.384. The Morgan fingerprint density at radius 1 is 1.21 bits per heavy atom. The summed E-state index contributed by atoms with van der Waals surface area (Å²) < 4.78 is 25.9. The van der Waals surface area contributed by atoms with Crippen LogP contribution in [0.1, 0.15) is 24.5 Å². The summed E-state index contributed by atoms with van der Waals surface area (Å²) in [4.78, 5) is 23.4. The number of benzene rings is 2. The number of hydrogen-bond acceptors (Lipinski definition) is 5. The summed E-state index contributed by atoms with van der Waals surface area (Å²) >= 11 is 0. The van der Waals surface area contributed by atoms with E-state index in [0.29, 0.717) is 5.69 Å². The van der Waals surface area contributed by atoms with E-state index in [2.05, 4.69) is 5.32 Å². The van der Waals surface area contributed by atoms with E-state index >= 15 is 0 Å². The van der Waals surface area contributed by atoms with Crippen LogP contribution in [0.15, 0.2) is 42.5 Å². The maximum absolute atomic E-state index is 12.9. The van der Waals surface area contributed by atoms with E-state index < -0.39 is 26.9 Å². The first kappa shape index (κ1) is 21.4. The molecule has 0 fully saturated rings. The van der Waals surface area contributed by atoms with Gasteiger partial charge in [-0.1, -0.05) is 25.1 Å². The molecule has 2 rings (SSSR count). The highest BCUT2D eigenvalue weighted by atomic mass is 32.2. The maximum atomic E-state index is 12.9. The first-order valence-electron chi connectivity index (χ1n) is 8.66. The van der Waals surface area contributed by atoms with Crippen LogP contribution in [-0.2, 0) is 14.8 Å². The quantitative estimate of drug-likeness (QED) is 0.561. The Bertz CT molecular complexity index is 1000. The summed E-state index contributed by atoms with van der Waals surface area (Å²) in [6, 6.07) is 9.75. The minimum absolute atomic E-state index is 0.0691. The van der Waals surface area contributed by atoms with Gasteiger partial charge in [0.25, 0.3) is 5.69 Å². The number of carbonyl (C=O) groups excluding carboxylic acids is 1. The number of amides is 1. The van der Waals surface area contributed by atoms with E-state index in [0.717, 1.165) is 27.8 Å². The van der Waals surface area contributed by atoms with Gasteiger partial charge in [-0.25, -0.2) is 8.42 Å². The Balaban J connectivity index is 2.46. The van der Waals surface area contributed by atoms with Gasteiger partial charge in [-0.05, 0) is 43.5 Å². The van der Waals surface area contributed by atoms with Crippen molar-refractivity contribution < 1.29 is 18.1 Å². The third kappa shape index (κ3) is 4.86. The number of anilines is 2. The van der Waals surface area contributed by atoms with Crippen molar-refractivity contribution in [3.05, 3.63) is 63.7 Å². The second kappa shape index (κ2) is 8.39. The van der Waals surface area contributed by atoms with E-state index in [1.165, 1.54) is 18.2 Å². The summed E-state index contributed by atoms with van der Waals surface area (Å²) in [6.07, 6.45) is 1.16. The summed E-state index contributed by atoms with van der Waals surface area (Å²) in [5, 5.41) is 13.9. The third-order valence-corrected chi connectivity index (χ3v) is 5.46. The van der Waals surface area contributed by atoms with Crippen LogP contribution in [0.3, 0.4) is 0 Å². The number of nitrogens with zero attached hydrogens (tertiary/aromatic N) is 2. The molecule has 1 atom stereocenters. The summed E-state index contributed by atoms with van der Waals surface area (Å²) in [6.45, 7) is 5.41. The van der Waals surface area contributed by atoms with Gasteiger partial charge in [-0.15, -0.1) is 0 Å². The van der Waals surface area contributed by atoms with Gasteiger partial charge in [0.2, 0.25) is 15.9 Å². The molecule has 0 radical (unpaired) electrons. The van der Waals surface area contributed by atoms with Gasteiger partial charge in [0.05, 0.1) is 16.9 Å². The van der Waals surface area contributed by atoms with Crippen molar-refractivity contribution in [2.75, 3.05) is 15.9 Å².